The van der Waals surface area contributed by atoms with Crippen molar-refractivity contribution in [3.63, 3.8) is 0 Å². The van der Waals surface area contributed by atoms with Gasteiger partial charge >= 0.3 is 5.97 Å². The molecule has 6 heteroatoms. The van der Waals surface area contributed by atoms with E-state index in [2.05, 4.69) is 15.3 Å². The molecule has 2 heterocycles. The maximum atomic E-state index is 11.5. The molecule has 0 saturated carbocycles. The van der Waals surface area contributed by atoms with Gasteiger partial charge in [-0.05, 0) is 25.3 Å². The largest absolute Gasteiger partial charge is 0.464 e. The molecule has 1 N–H and O–H groups in total. The molecule has 0 bridgehead atoms. The molecule has 2 aromatic heterocycles. The molecule has 0 fully saturated rings. The summed E-state index contributed by atoms with van der Waals surface area (Å²) in [5.74, 6) is 0.381. The minimum atomic E-state index is -0.423. The number of fused-ring (bicyclic) bond motifs is 1. The number of nitrogens with zero attached hydrogens (tertiary/aromatic N) is 2. The highest BCUT2D eigenvalue weighted by molar-refractivity contribution is 7.16. The van der Waals surface area contributed by atoms with Gasteiger partial charge in [-0.25, -0.2) is 14.8 Å². The van der Waals surface area contributed by atoms with E-state index < -0.39 is 6.04 Å². The number of rotatable bonds is 4. The number of carbonyl (C=O) groups excluding carboxylic acids is 1. The van der Waals surface area contributed by atoms with E-state index in [0.717, 1.165) is 10.2 Å². The van der Waals surface area contributed by atoms with Crippen molar-refractivity contribution in [1.29, 1.82) is 0 Å². The standard InChI is InChI=1S/C11H13N3O2S/c1-3-16-11(15)7(2)14-9-8-4-5-17-10(8)13-6-12-9/h4-7H,3H2,1-2H3,(H,12,13,14)/t7-/m0/s1. The van der Waals surface area contributed by atoms with Crippen molar-refractivity contribution in [2.75, 3.05) is 11.9 Å². The van der Waals surface area contributed by atoms with Crippen molar-refractivity contribution in [3.8, 4) is 0 Å². The fourth-order valence-corrected chi connectivity index (χ4v) is 2.17. The Morgan fingerprint density at radius 1 is 1.59 bits per heavy atom. The van der Waals surface area contributed by atoms with Gasteiger partial charge in [0.25, 0.3) is 0 Å². The maximum Gasteiger partial charge on any atom is 0.328 e. The maximum absolute atomic E-state index is 11.5. The van der Waals surface area contributed by atoms with Crippen LogP contribution in [0.4, 0.5) is 5.82 Å². The first-order valence-electron chi connectivity index (χ1n) is 5.33. The molecule has 0 radical (unpaired) electrons. The van der Waals surface area contributed by atoms with Gasteiger partial charge in [0.15, 0.2) is 0 Å². The molecule has 0 saturated heterocycles. The van der Waals surface area contributed by atoms with E-state index in [0.29, 0.717) is 12.4 Å². The zero-order valence-electron chi connectivity index (χ0n) is 9.64. The summed E-state index contributed by atoms with van der Waals surface area (Å²) in [6.45, 7) is 3.91. The molecule has 1 atom stereocenters. The Hall–Kier alpha value is -1.69. The van der Waals surface area contributed by atoms with Crippen LogP contribution in [0.15, 0.2) is 17.8 Å². The summed E-state index contributed by atoms with van der Waals surface area (Å²) < 4.78 is 4.93. The number of aromatic nitrogens is 2. The van der Waals surface area contributed by atoms with Gasteiger partial charge in [-0.2, -0.15) is 0 Å². The van der Waals surface area contributed by atoms with Crippen LogP contribution in [-0.4, -0.2) is 28.6 Å². The minimum Gasteiger partial charge on any atom is -0.464 e. The average molecular weight is 251 g/mol. The zero-order chi connectivity index (χ0) is 12.3. The van der Waals surface area contributed by atoms with Gasteiger partial charge < -0.3 is 10.1 Å². The normalized spacial score (nSPS) is 12.4. The number of hydrogen-bond acceptors (Lipinski definition) is 6. The molecular formula is C11H13N3O2S. The summed E-state index contributed by atoms with van der Waals surface area (Å²) in [5, 5.41) is 5.91. The van der Waals surface area contributed by atoms with Gasteiger partial charge in [0.05, 0.1) is 12.0 Å². The van der Waals surface area contributed by atoms with Crippen molar-refractivity contribution in [2.24, 2.45) is 0 Å². The summed E-state index contributed by atoms with van der Waals surface area (Å²) in [6.07, 6.45) is 1.49. The second-order valence-electron chi connectivity index (χ2n) is 3.48. The quantitative estimate of drug-likeness (QED) is 0.843. The molecular weight excluding hydrogens is 238 g/mol. The number of esters is 1. The highest BCUT2D eigenvalue weighted by atomic mass is 32.1. The van der Waals surface area contributed by atoms with E-state index in [1.54, 1.807) is 13.8 Å². The van der Waals surface area contributed by atoms with Crippen LogP contribution in [0.2, 0.25) is 0 Å². The second kappa shape index (κ2) is 5.09. The van der Waals surface area contributed by atoms with Crippen LogP contribution in [0, 0.1) is 0 Å². The lowest BCUT2D eigenvalue weighted by Gasteiger charge is -2.13. The van der Waals surface area contributed by atoms with E-state index in [1.165, 1.54) is 17.7 Å². The van der Waals surface area contributed by atoms with E-state index in [-0.39, 0.29) is 5.97 Å². The fraction of sp³-hybridized carbons (Fsp3) is 0.364. The Morgan fingerprint density at radius 3 is 3.18 bits per heavy atom. The highest BCUT2D eigenvalue weighted by Crippen LogP contribution is 2.24. The molecule has 0 spiro atoms. The summed E-state index contributed by atoms with van der Waals surface area (Å²) in [6, 6.07) is 1.51. The number of carbonyl (C=O) groups is 1. The molecule has 0 aromatic carbocycles. The number of thiophene rings is 1. The Bertz CT molecular complexity index is 526. The number of nitrogens with one attached hydrogen (secondary N) is 1. The highest BCUT2D eigenvalue weighted by Gasteiger charge is 2.15. The van der Waals surface area contributed by atoms with E-state index in [1.807, 2.05) is 11.4 Å². The van der Waals surface area contributed by atoms with E-state index >= 15 is 0 Å². The molecule has 17 heavy (non-hydrogen) atoms. The topological polar surface area (TPSA) is 64.1 Å². The second-order valence-corrected chi connectivity index (χ2v) is 4.37. The summed E-state index contributed by atoms with van der Waals surface area (Å²) >= 11 is 1.54. The van der Waals surface area contributed by atoms with Crippen LogP contribution >= 0.6 is 11.3 Å². The molecule has 2 rings (SSSR count). The summed E-state index contributed by atoms with van der Waals surface area (Å²) in [4.78, 5) is 20.7. The SMILES string of the molecule is CCOC(=O)[C@H](C)Nc1ncnc2sccc12. The predicted octanol–water partition coefficient (Wildman–Crippen LogP) is 2.05. The third-order valence-electron chi connectivity index (χ3n) is 2.26. The van der Waals surface area contributed by atoms with Crippen LogP contribution < -0.4 is 5.32 Å². The summed E-state index contributed by atoms with van der Waals surface area (Å²) in [5.41, 5.74) is 0. The Balaban J connectivity index is 2.18. The lowest BCUT2D eigenvalue weighted by molar-refractivity contribution is -0.143. The number of hydrogen-bond donors (Lipinski definition) is 1. The molecule has 0 aliphatic carbocycles. The fourth-order valence-electron chi connectivity index (χ4n) is 1.44. The molecule has 90 valence electrons. The van der Waals surface area contributed by atoms with Gasteiger partial charge in [-0.1, -0.05) is 0 Å². The molecule has 0 unspecified atom stereocenters. The smallest absolute Gasteiger partial charge is 0.328 e. The molecule has 5 nitrogen and oxygen atoms in total. The van der Waals surface area contributed by atoms with Crippen molar-refractivity contribution in [3.05, 3.63) is 17.8 Å². The number of anilines is 1. The zero-order valence-corrected chi connectivity index (χ0v) is 10.5. The van der Waals surface area contributed by atoms with E-state index in [9.17, 15) is 4.79 Å². The Labute approximate surface area is 103 Å². The Kier molecular flexibility index (Phi) is 3.53. The minimum absolute atomic E-state index is 0.283. The first-order chi connectivity index (χ1) is 8.22. The monoisotopic (exact) mass is 251 g/mol. The van der Waals surface area contributed by atoms with E-state index in [4.69, 9.17) is 4.74 Å². The van der Waals surface area contributed by atoms with Crippen molar-refractivity contribution >= 4 is 33.3 Å². The van der Waals surface area contributed by atoms with Crippen molar-refractivity contribution in [2.45, 2.75) is 19.9 Å². The van der Waals surface area contributed by atoms with Gasteiger partial charge in [0.2, 0.25) is 0 Å². The van der Waals surface area contributed by atoms with Crippen LogP contribution in [-0.2, 0) is 9.53 Å². The van der Waals surface area contributed by atoms with Crippen molar-refractivity contribution in [1.82, 2.24) is 9.97 Å². The lowest BCUT2D eigenvalue weighted by Crippen LogP contribution is -2.28. The lowest BCUT2D eigenvalue weighted by atomic mass is 10.3. The molecule has 0 amide bonds. The van der Waals surface area contributed by atoms with Crippen LogP contribution in [0.5, 0.6) is 0 Å². The van der Waals surface area contributed by atoms with Gasteiger partial charge in [-0.15, -0.1) is 11.3 Å². The summed E-state index contributed by atoms with van der Waals surface area (Å²) in [7, 11) is 0. The number of ether oxygens (including phenoxy) is 1. The first-order valence-corrected chi connectivity index (χ1v) is 6.21. The van der Waals surface area contributed by atoms with Crippen LogP contribution in [0.1, 0.15) is 13.8 Å². The van der Waals surface area contributed by atoms with Crippen LogP contribution in [0.25, 0.3) is 10.2 Å². The molecule has 0 aliphatic rings. The Morgan fingerprint density at radius 2 is 2.41 bits per heavy atom. The van der Waals surface area contributed by atoms with Gasteiger partial charge in [-0.3, -0.25) is 0 Å². The first kappa shape index (κ1) is 11.8. The van der Waals surface area contributed by atoms with Gasteiger partial charge in [0.1, 0.15) is 23.0 Å². The third-order valence-corrected chi connectivity index (χ3v) is 3.08. The molecule has 0 aliphatic heterocycles. The van der Waals surface area contributed by atoms with Gasteiger partial charge in [0, 0.05) is 0 Å². The van der Waals surface area contributed by atoms with Crippen molar-refractivity contribution < 1.29 is 9.53 Å². The predicted molar refractivity (Wildman–Crippen MR) is 67.1 cm³/mol. The van der Waals surface area contributed by atoms with Crippen LogP contribution in [0.3, 0.4) is 0 Å². The average Bonchev–Trinajstić information content (AvgIpc) is 2.78. The molecule has 2 aromatic rings. The third kappa shape index (κ3) is 2.52.